The van der Waals surface area contributed by atoms with Crippen LogP contribution in [0.3, 0.4) is 0 Å². The molecule has 96 valence electrons. The SMILES string of the molecule is CCN(Cc1cccc(N)c1)c1cc(C#N)ccn1. The van der Waals surface area contributed by atoms with Crippen molar-refractivity contribution in [2.75, 3.05) is 17.2 Å². The van der Waals surface area contributed by atoms with E-state index >= 15 is 0 Å². The van der Waals surface area contributed by atoms with Gasteiger partial charge in [-0.25, -0.2) is 4.98 Å². The van der Waals surface area contributed by atoms with E-state index in [2.05, 4.69) is 22.9 Å². The lowest BCUT2D eigenvalue weighted by atomic mass is 10.2. The zero-order chi connectivity index (χ0) is 13.7. The molecule has 0 spiro atoms. The van der Waals surface area contributed by atoms with Crippen molar-refractivity contribution >= 4 is 11.5 Å². The first-order valence-corrected chi connectivity index (χ1v) is 6.18. The van der Waals surface area contributed by atoms with Crippen molar-refractivity contribution in [1.29, 1.82) is 5.26 Å². The van der Waals surface area contributed by atoms with Crippen LogP contribution in [0.2, 0.25) is 0 Å². The summed E-state index contributed by atoms with van der Waals surface area (Å²) < 4.78 is 0. The summed E-state index contributed by atoms with van der Waals surface area (Å²) in [7, 11) is 0. The average Bonchev–Trinajstić information content (AvgIpc) is 2.45. The molecule has 0 aliphatic carbocycles. The van der Waals surface area contributed by atoms with Gasteiger partial charge < -0.3 is 10.6 Å². The first-order valence-electron chi connectivity index (χ1n) is 6.18. The zero-order valence-corrected chi connectivity index (χ0v) is 10.9. The Bertz CT molecular complexity index is 601. The van der Waals surface area contributed by atoms with Crippen LogP contribution in [-0.2, 0) is 6.54 Å². The first-order chi connectivity index (χ1) is 9.22. The van der Waals surface area contributed by atoms with Crippen molar-refractivity contribution < 1.29 is 0 Å². The van der Waals surface area contributed by atoms with Gasteiger partial charge >= 0.3 is 0 Å². The van der Waals surface area contributed by atoms with Gasteiger partial charge in [-0.05, 0) is 36.8 Å². The zero-order valence-electron chi connectivity index (χ0n) is 10.9. The summed E-state index contributed by atoms with van der Waals surface area (Å²) in [5.41, 5.74) is 8.29. The van der Waals surface area contributed by atoms with E-state index in [4.69, 9.17) is 11.0 Å². The Morgan fingerprint density at radius 2 is 2.16 bits per heavy atom. The van der Waals surface area contributed by atoms with Crippen molar-refractivity contribution in [3.63, 3.8) is 0 Å². The van der Waals surface area contributed by atoms with Gasteiger partial charge in [0.15, 0.2) is 0 Å². The number of hydrogen-bond acceptors (Lipinski definition) is 4. The summed E-state index contributed by atoms with van der Waals surface area (Å²) in [6.45, 7) is 3.60. The number of pyridine rings is 1. The molecule has 0 saturated heterocycles. The van der Waals surface area contributed by atoms with Gasteiger partial charge in [0.05, 0.1) is 11.6 Å². The first kappa shape index (κ1) is 12.9. The van der Waals surface area contributed by atoms with Crippen molar-refractivity contribution in [2.24, 2.45) is 0 Å². The second-order valence-electron chi connectivity index (χ2n) is 4.27. The second-order valence-corrected chi connectivity index (χ2v) is 4.27. The average molecular weight is 252 g/mol. The van der Waals surface area contributed by atoms with Crippen molar-refractivity contribution in [3.8, 4) is 6.07 Å². The van der Waals surface area contributed by atoms with E-state index < -0.39 is 0 Å². The third-order valence-electron chi connectivity index (χ3n) is 2.90. The molecule has 4 heteroatoms. The van der Waals surface area contributed by atoms with Crippen molar-refractivity contribution in [1.82, 2.24) is 4.98 Å². The van der Waals surface area contributed by atoms with E-state index in [0.29, 0.717) is 5.56 Å². The highest BCUT2D eigenvalue weighted by Crippen LogP contribution is 2.16. The van der Waals surface area contributed by atoms with Crippen LogP contribution in [0.4, 0.5) is 11.5 Å². The van der Waals surface area contributed by atoms with Gasteiger partial charge in [-0.2, -0.15) is 5.26 Å². The fourth-order valence-electron chi connectivity index (χ4n) is 1.93. The lowest BCUT2D eigenvalue weighted by Crippen LogP contribution is -2.23. The van der Waals surface area contributed by atoms with Gasteiger partial charge in [-0.3, -0.25) is 0 Å². The minimum absolute atomic E-state index is 0.621. The van der Waals surface area contributed by atoms with E-state index in [1.807, 2.05) is 24.3 Å². The minimum atomic E-state index is 0.621. The van der Waals surface area contributed by atoms with Crippen LogP contribution in [0.5, 0.6) is 0 Å². The number of rotatable bonds is 4. The highest BCUT2D eigenvalue weighted by atomic mass is 15.2. The van der Waals surface area contributed by atoms with Crippen molar-refractivity contribution in [2.45, 2.75) is 13.5 Å². The van der Waals surface area contributed by atoms with E-state index in [1.165, 1.54) is 0 Å². The predicted octanol–water partition coefficient (Wildman–Crippen LogP) is 2.56. The summed E-state index contributed by atoms with van der Waals surface area (Å²) in [6, 6.07) is 13.4. The standard InChI is InChI=1S/C15H16N4/c1-2-19(11-13-4-3-5-14(17)8-13)15-9-12(10-16)6-7-18-15/h3-9H,2,11,17H2,1H3. The number of hydrogen-bond donors (Lipinski definition) is 1. The number of nitrogens with zero attached hydrogens (tertiary/aromatic N) is 3. The molecule has 4 nitrogen and oxygen atoms in total. The van der Waals surface area contributed by atoms with Gasteiger partial charge in [-0.15, -0.1) is 0 Å². The van der Waals surface area contributed by atoms with Gasteiger partial charge in [0.1, 0.15) is 5.82 Å². The molecule has 0 radical (unpaired) electrons. The van der Waals surface area contributed by atoms with Crippen LogP contribution in [0.15, 0.2) is 42.6 Å². The molecule has 2 N–H and O–H groups in total. The maximum absolute atomic E-state index is 8.93. The summed E-state index contributed by atoms with van der Waals surface area (Å²) in [5.74, 6) is 0.809. The van der Waals surface area contributed by atoms with Crippen LogP contribution >= 0.6 is 0 Å². The molecule has 0 saturated carbocycles. The van der Waals surface area contributed by atoms with E-state index in [9.17, 15) is 0 Å². The van der Waals surface area contributed by atoms with Crippen molar-refractivity contribution in [3.05, 3.63) is 53.7 Å². The Hall–Kier alpha value is -2.54. The Morgan fingerprint density at radius 3 is 2.84 bits per heavy atom. The Labute approximate surface area is 113 Å². The lowest BCUT2D eigenvalue weighted by molar-refractivity contribution is 0.814. The summed E-state index contributed by atoms with van der Waals surface area (Å²) in [6.07, 6.45) is 1.66. The number of nitriles is 1. The molecule has 0 atom stereocenters. The molecule has 0 amide bonds. The van der Waals surface area contributed by atoms with Gasteiger partial charge in [0.25, 0.3) is 0 Å². The Kier molecular flexibility index (Phi) is 3.99. The molecule has 2 aromatic rings. The van der Waals surface area contributed by atoms with Crippen LogP contribution in [0.25, 0.3) is 0 Å². The number of aromatic nitrogens is 1. The summed E-state index contributed by atoms with van der Waals surface area (Å²) in [5, 5.41) is 8.93. The Balaban J connectivity index is 2.22. The van der Waals surface area contributed by atoms with Gasteiger partial charge in [0, 0.05) is 25.0 Å². The Morgan fingerprint density at radius 1 is 1.32 bits per heavy atom. The third kappa shape index (κ3) is 3.23. The molecular weight excluding hydrogens is 236 g/mol. The van der Waals surface area contributed by atoms with Gasteiger partial charge in [-0.1, -0.05) is 12.1 Å². The molecule has 0 bridgehead atoms. The minimum Gasteiger partial charge on any atom is -0.399 e. The lowest BCUT2D eigenvalue weighted by Gasteiger charge is -2.22. The fourth-order valence-corrected chi connectivity index (χ4v) is 1.93. The maximum Gasteiger partial charge on any atom is 0.130 e. The van der Waals surface area contributed by atoms with Crippen LogP contribution in [0, 0.1) is 11.3 Å². The second kappa shape index (κ2) is 5.87. The molecule has 1 heterocycles. The maximum atomic E-state index is 8.93. The molecule has 0 fully saturated rings. The largest absolute Gasteiger partial charge is 0.399 e. The summed E-state index contributed by atoms with van der Waals surface area (Å²) >= 11 is 0. The predicted molar refractivity (Wildman–Crippen MR) is 76.5 cm³/mol. The molecule has 0 aliphatic rings. The topological polar surface area (TPSA) is 65.9 Å². The van der Waals surface area contributed by atoms with E-state index in [0.717, 1.165) is 30.2 Å². The highest BCUT2D eigenvalue weighted by Gasteiger charge is 2.07. The number of nitrogen functional groups attached to an aromatic ring is 1. The summed E-state index contributed by atoms with van der Waals surface area (Å²) in [4.78, 5) is 6.43. The number of benzene rings is 1. The van der Waals surface area contributed by atoms with Crippen LogP contribution in [0.1, 0.15) is 18.1 Å². The fraction of sp³-hybridized carbons (Fsp3) is 0.200. The van der Waals surface area contributed by atoms with Gasteiger partial charge in [0.2, 0.25) is 0 Å². The normalized spacial score (nSPS) is 9.89. The molecule has 1 aromatic carbocycles. The quantitative estimate of drug-likeness (QED) is 0.849. The monoisotopic (exact) mass is 252 g/mol. The molecule has 19 heavy (non-hydrogen) atoms. The van der Waals surface area contributed by atoms with Crippen LogP contribution in [-0.4, -0.2) is 11.5 Å². The highest BCUT2D eigenvalue weighted by molar-refractivity contribution is 5.47. The van der Waals surface area contributed by atoms with E-state index in [1.54, 1.807) is 18.3 Å². The van der Waals surface area contributed by atoms with Crippen LogP contribution < -0.4 is 10.6 Å². The number of nitrogens with two attached hydrogens (primary N) is 1. The molecular formula is C15H16N4. The number of anilines is 2. The molecule has 0 unspecified atom stereocenters. The molecule has 2 rings (SSSR count). The molecule has 0 aliphatic heterocycles. The van der Waals surface area contributed by atoms with E-state index in [-0.39, 0.29) is 0 Å². The third-order valence-corrected chi connectivity index (χ3v) is 2.90. The smallest absolute Gasteiger partial charge is 0.130 e. The molecule has 1 aromatic heterocycles.